The van der Waals surface area contributed by atoms with E-state index in [0.29, 0.717) is 17.9 Å². The summed E-state index contributed by atoms with van der Waals surface area (Å²) >= 11 is 0. The van der Waals surface area contributed by atoms with E-state index in [2.05, 4.69) is 25.7 Å². The first-order valence-corrected chi connectivity index (χ1v) is 8.57. The Bertz CT molecular complexity index is 663. The number of hydrogen-bond donors (Lipinski definition) is 2. The van der Waals surface area contributed by atoms with Crippen LogP contribution in [0.5, 0.6) is 0 Å². The molecule has 126 valence electrons. The van der Waals surface area contributed by atoms with Gasteiger partial charge in [0, 0.05) is 44.0 Å². The van der Waals surface area contributed by atoms with Gasteiger partial charge in [-0.3, -0.25) is 10.9 Å². The molecule has 2 aliphatic rings. The van der Waals surface area contributed by atoms with Crippen LogP contribution in [0, 0.1) is 11.7 Å². The van der Waals surface area contributed by atoms with Crippen molar-refractivity contribution in [3.63, 3.8) is 0 Å². The second-order valence-corrected chi connectivity index (χ2v) is 6.61. The minimum absolute atomic E-state index is 0.181. The SMILES string of the molecule is Fc1ccc(C2CNNC2C2CCCN(c3ncccn3)C2)cc1. The van der Waals surface area contributed by atoms with E-state index in [4.69, 9.17) is 0 Å². The van der Waals surface area contributed by atoms with Crippen molar-refractivity contribution >= 4 is 5.95 Å². The van der Waals surface area contributed by atoms with Crippen molar-refractivity contribution in [1.82, 2.24) is 20.8 Å². The second-order valence-electron chi connectivity index (χ2n) is 6.61. The summed E-state index contributed by atoms with van der Waals surface area (Å²) < 4.78 is 13.2. The van der Waals surface area contributed by atoms with E-state index in [1.165, 1.54) is 12.0 Å². The van der Waals surface area contributed by atoms with Crippen molar-refractivity contribution in [2.24, 2.45) is 5.92 Å². The molecule has 2 aromatic rings. The van der Waals surface area contributed by atoms with Crippen LogP contribution in [0.2, 0.25) is 0 Å². The Morgan fingerprint density at radius 3 is 2.71 bits per heavy atom. The number of nitrogens with one attached hydrogen (secondary N) is 2. The quantitative estimate of drug-likeness (QED) is 0.904. The van der Waals surface area contributed by atoms with Crippen molar-refractivity contribution in [1.29, 1.82) is 0 Å². The fraction of sp³-hybridized carbons (Fsp3) is 0.444. The van der Waals surface area contributed by atoms with Crippen LogP contribution >= 0.6 is 0 Å². The van der Waals surface area contributed by atoms with E-state index in [9.17, 15) is 4.39 Å². The Hall–Kier alpha value is -2.05. The van der Waals surface area contributed by atoms with Crippen molar-refractivity contribution < 1.29 is 4.39 Å². The smallest absolute Gasteiger partial charge is 0.225 e. The topological polar surface area (TPSA) is 53.1 Å². The second kappa shape index (κ2) is 6.83. The molecule has 1 aromatic heterocycles. The van der Waals surface area contributed by atoms with E-state index >= 15 is 0 Å². The Morgan fingerprint density at radius 2 is 1.92 bits per heavy atom. The molecule has 4 rings (SSSR count). The number of nitrogens with zero attached hydrogens (tertiary/aromatic N) is 3. The largest absolute Gasteiger partial charge is 0.340 e. The third kappa shape index (κ3) is 3.12. The fourth-order valence-corrected chi connectivity index (χ4v) is 3.94. The van der Waals surface area contributed by atoms with Crippen molar-refractivity contribution in [2.75, 3.05) is 24.5 Å². The summed E-state index contributed by atoms with van der Waals surface area (Å²) in [6.45, 7) is 2.82. The van der Waals surface area contributed by atoms with Crippen LogP contribution in [0.15, 0.2) is 42.7 Å². The van der Waals surface area contributed by atoms with E-state index < -0.39 is 0 Å². The molecule has 2 saturated heterocycles. The average Bonchev–Trinajstić information content (AvgIpc) is 3.13. The van der Waals surface area contributed by atoms with Crippen molar-refractivity contribution in [3.05, 3.63) is 54.1 Å². The molecule has 3 unspecified atom stereocenters. The summed E-state index contributed by atoms with van der Waals surface area (Å²) in [5, 5.41) is 0. The van der Waals surface area contributed by atoms with Gasteiger partial charge in [0.05, 0.1) is 0 Å². The summed E-state index contributed by atoms with van der Waals surface area (Å²) in [6.07, 6.45) is 5.91. The van der Waals surface area contributed by atoms with E-state index in [-0.39, 0.29) is 5.82 Å². The van der Waals surface area contributed by atoms with Crippen LogP contribution in [0.4, 0.5) is 10.3 Å². The van der Waals surface area contributed by atoms with E-state index in [1.807, 2.05) is 18.2 Å². The number of piperidine rings is 1. The maximum Gasteiger partial charge on any atom is 0.225 e. The molecule has 3 atom stereocenters. The highest BCUT2D eigenvalue weighted by molar-refractivity contribution is 5.30. The normalized spacial score (nSPS) is 27.4. The zero-order valence-corrected chi connectivity index (χ0v) is 13.5. The molecule has 0 bridgehead atoms. The summed E-state index contributed by atoms with van der Waals surface area (Å²) in [4.78, 5) is 11.0. The van der Waals surface area contributed by atoms with Crippen molar-refractivity contribution in [3.8, 4) is 0 Å². The molecular formula is C18H22FN5. The predicted molar refractivity (Wildman–Crippen MR) is 91.0 cm³/mol. The third-order valence-corrected chi connectivity index (χ3v) is 5.12. The monoisotopic (exact) mass is 327 g/mol. The maximum absolute atomic E-state index is 13.2. The molecule has 0 radical (unpaired) electrons. The van der Waals surface area contributed by atoms with Crippen LogP contribution in [0.25, 0.3) is 0 Å². The molecule has 3 heterocycles. The Morgan fingerprint density at radius 1 is 1.12 bits per heavy atom. The number of halogens is 1. The lowest BCUT2D eigenvalue weighted by atomic mass is 9.81. The maximum atomic E-state index is 13.2. The molecular weight excluding hydrogens is 305 g/mol. The standard InChI is InChI=1S/C18H22FN5/c19-15-6-4-13(5-7-15)16-11-22-23-17(16)14-3-1-10-24(12-14)18-20-8-2-9-21-18/h2,4-9,14,16-17,22-23H,1,3,10-12H2. The van der Waals surface area contributed by atoms with Gasteiger partial charge in [-0.25, -0.2) is 14.4 Å². The van der Waals surface area contributed by atoms with Crippen LogP contribution in [-0.4, -0.2) is 35.6 Å². The minimum Gasteiger partial charge on any atom is -0.340 e. The molecule has 2 N–H and O–H groups in total. The molecule has 0 amide bonds. The Labute approximate surface area is 141 Å². The van der Waals surface area contributed by atoms with E-state index in [1.54, 1.807) is 24.5 Å². The molecule has 1 aromatic carbocycles. The fourth-order valence-electron chi connectivity index (χ4n) is 3.94. The molecule has 24 heavy (non-hydrogen) atoms. The summed E-state index contributed by atoms with van der Waals surface area (Å²) in [6, 6.07) is 9.09. The van der Waals surface area contributed by atoms with Gasteiger partial charge in [-0.2, -0.15) is 0 Å². The zero-order valence-electron chi connectivity index (χ0n) is 13.5. The number of rotatable bonds is 3. The molecule has 6 heteroatoms. The number of anilines is 1. The van der Waals surface area contributed by atoms with Gasteiger partial charge in [-0.1, -0.05) is 12.1 Å². The molecule has 2 aliphatic heterocycles. The zero-order chi connectivity index (χ0) is 16.4. The molecule has 0 saturated carbocycles. The number of hydrazine groups is 1. The van der Waals surface area contributed by atoms with Gasteiger partial charge in [0.15, 0.2) is 0 Å². The third-order valence-electron chi connectivity index (χ3n) is 5.12. The van der Waals surface area contributed by atoms with Crippen LogP contribution in [0.3, 0.4) is 0 Å². The summed E-state index contributed by atoms with van der Waals surface area (Å²) in [7, 11) is 0. The highest BCUT2D eigenvalue weighted by atomic mass is 19.1. The molecule has 2 fully saturated rings. The number of benzene rings is 1. The van der Waals surface area contributed by atoms with E-state index in [0.717, 1.165) is 32.0 Å². The lowest BCUT2D eigenvalue weighted by molar-refractivity contribution is 0.303. The first-order chi connectivity index (χ1) is 11.8. The minimum atomic E-state index is -0.181. The van der Waals surface area contributed by atoms with Gasteiger partial charge < -0.3 is 4.90 Å². The molecule has 0 aliphatic carbocycles. The van der Waals surface area contributed by atoms with Gasteiger partial charge in [-0.05, 0) is 42.5 Å². The number of hydrogen-bond acceptors (Lipinski definition) is 5. The molecule has 5 nitrogen and oxygen atoms in total. The van der Waals surface area contributed by atoms with Gasteiger partial charge in [0.25, 0.3) is 0 Å². The van der Waals surface area contributed by atoms with Gasteiger partial charge >= 0.3 is 0 Å². The molecule has 0 spiro atoms. The van der Waals surface area contributed by atoms with Crippen molar-refractivity contribution in [2.45, 2.75) is 24.8 Å². The first kappa shape index (κ1) is 15.5. The van der Waals surface area contributed by atoms with Gasteiger partial charge in [0.1, 0.15) is 5.82 Å². The van der Waals surface area contributed by atoms with Crippen LogP contribution in [0.1, 0.15) is 24.3 Å². The van der Waals surface area contributed by atoms with Crippen LogP contribution < -0.4 is 15.8 Å². The highest BCUT2D eigenvalue weighted by Crippen LogP contribution is 2.32. The number of aromatic nitrogens is 2. The summed E-state index contributed by atoms with van der Waals surface area (Å²) in [5.41, 5.74) is 7.93. The highest BCUT2D eigenvalue weighted by Gasteiger charge is 2.37. The van der Waals surface area contributed by atoms with Crippen LogP contribution in [-0.2, 0) is 0 Å². The first-order valence-electron chi connectivity index (χ1n) is 8.57. The predicted octanol–water partition coefficient (Wildman–Crippen LogP) is 2.09. The lowest BCUT2D eigenvalue weighted by Gasteiger charge is -2.37. The summed E-state index contributed by atoms with van der Waals surface area (Å²) in [5.74, 6) is 1.49. The van der Waals surface area contributed by atoms with Gasteiger partial charge in [-0.15, -0.1) is 0 Å². The Balaban J connectivity index is 1.50. The average molecular weight is 327 g/mol. The Kier molecular flexibility index (Phi) is 4.40. The lowest BCUT2D eigenvalue weighted by Crippen LogP contribution is -2.47. The van der Waals surface area contributed by atoms with Gasteiger partial charge in [0.2, 0.25) is 5.95 Å².